The third-order valence-electron chi connectivity index (χ3n) is 3.41. The predicted octanol–water partition coefficient (Wildman–Crippen LogP) is 3.96. The van der Waals surface area contributed by atoms with Gasteiger partial charge in [0.1, 0.15) is 6.54 Å². The van der Waals surface area contributed by atoms with Crippen molar-refractivity contribution in [3.05, 3.63) is 59.7 Å². The summed E-state index contributed by atoms with van der Waals surface area (Å²) in [7, 11) is 0. The Kier molecular flexibility index (Phi) is 3.87. The molecule has 2 aromatic rings. The Morgan fingerprint density at radius 1 is 1.00 bits per heavy atom. The number of hydrogen-bond donors (Lipinski definition) is 1. The first-order valence-electron chi connectivity index (χ1n) is 6.66. The number of fused-ring (bicyclic) bond motifs is 2. The Balaban J connectivity index is 1.98. The van der Waals surface area contributed by atoms with Gasteiger partial charge in [-0.2, -0.15) is 13.2 Å². The maximum atomic E-state index is 12.4. The van der Waals surface area contributed by atoms with Crippen LogP contribution in [0.5, 0.6) is 0 Å². The van der Waals surface area contributed by atoms with Crippen molar-refractivity contribution in [2.24, 2.45) is 0 Å². The van der Waals surface area contributed by atoms with Crippen LogP contribution in [0.2, 0.25) is 0 Å². The average Bonchev–Trinajstić information content (AvgIpc) is 2.49. The zero-order valence-corrected chi connectivity index (χ0v) is 12.2. The van der Waals surface area contributed by atoms with Crippen molar-refractivity contribution in [2.45, 2.75) is 21.9 Å². The molecule has 2 nitrogen and oxygen atoms in total. The van der Waals surface area contributed by atoms with Crippen LogP contribution in [0.1, 0.15) is 17.0 Å². The van der Waals surface area contributed by atoms with Gasteiger partial charge in [-0.05, 0) is 23.3 Å². The molecule has 1 N–H and O–H groups in total. The molecule has 0 saturated heterocycles. The molecule has 3 rings (SSSR count). The van der Waals surface area contributed by atoms with Crippen LogP contribution < -0.4 is 5.32 Å². The molecule has 0 spiro atoms. The van der Waals surface area contributed by atoms with Crippen LogP contribution in [-0.2, 0) is 4.79 Å². The highest BCUT2D eigenvalue weighted by molar-refractivity contribution is 7.99. The fraction of sp³-hybridized carbons (Fsp3) is 0.188. The van der Waals surface area contributed by atoms with Crippen LogP contribution in [0.25, 0.3) is 0 Å². The minimum Gasteiger partial charge on any atom is -0.346 e. The SMILES string of the molecule is O=C(NCC(F)(F)F)C1c2ccccc2Sc2ccccc21. The minimum atomic E-state index is -4.42. The standard InChI is InChI=1S/C16H12F3NOS/c17-16(18,19)9-20-15(21)14-10-5-1-3-7-12(10)22-13-8-4-2-6-11(13)14/h1-8,14H,9H2,(H,20,21). The lowest BCUT2D eigenvalue weighted by atomic mass is 9.90. The van der Waals surface area contributed by atoms with Crippen molar-refractivity contribution in [2.75, 3.05) is 6.54 Å². The van der Waals surface area contributed by atoms with Crippen LogP contribution in [0.3, 0.4) is 0 Å². The highest BCUT2D eigenvalue weighted by Gasteiger charge is 2.34. The van der Waals surface area contributed by atoms with Gasteiger partial charge in [-0.15, -0.1) is 0 Å². The molecule has 0 saturated carbocycles. The first kappa shape index (κ1) is 15.0. The van der Waals surface area contributed by atoms with Gasteiger partial charge in [-0.3, -0.25) is 4.79 Å². The van der Waals surface area contributed by atoms with Gasteiger partial charge in [0.15, 0.2) is 0 Å². The number of amides is 1. The van der Waals surface area contributed by atoms with E-state index in [0.717, 1.165) is 20.9 Å². The van der Waals surface area contributed by atoms with Crippen molar-refractivity contribution in [1.82, 2.24) is 5.32 Å². The molecule has 1 aliphatic rings. The van der Waals surface area contributed by atoms with Crippen molar-refractivity contribution in [3.8, 4) is 0 Å². The van der Waals surface area contributed by atoms with Gasteiger partial charge >= 0.3 is 6.18 Å². The molecule has 0 radical (unpaired) electrons. The molecule has 0 aliphatic carbocycles. The van der Waals surface area contributed by atoms with Crippen molar-refractivity contribution < 1.29 is 18.0 Å². The highest BCUT2D eigenvalue weighted by atomic mass is 32.2. The van der Waals surface area contributed by atoms with Gasteiger partial charge in [0.05, 0.1) is 5.92 Å². The topological polar surface area (TPSA) is 29.1 Å². The maximum absolute atomic E-state index is 12.4. The zero-order chi connectivity index (χ0) is 15.7. The van der Waals surface area contributed by atoms with E-state index in [9.17, 15) is 18.0 Å². The fourth-order valence-electron chi connectivity index (χ4n) is 2.48. The van der Waals surface area contributed by atoms with E-state index in [2.05, 4.69) is 0 Å². The van der Waals surface area contributed by atoms with Crippen molar-refractivity contribution in [1.29, 1.82) is 0 Å². The summed E-state index contributed by atoms with van der Waals surface area (Å²) in [6.45, 7) is -1.32. The van der Waals surface area contributed by atoms with E-state index in [0.29, 0.717) is 0 Å². The first-order chi connectivity index (χ1) is 10.5. The normalized spacial score (nSPS) is 14.1. The summed E-state index contributed by atoms with van der Waals surface area (Å²) >= 11 is 1.53. The summed E-state index contributed by atoms with van der Waals surface area (Å²) in [5, 5.41) is 2.00. The Labute approximate surface area is 129 Å². The maximum Gasteiger partial charge on any atom is 0.405 e. The minimum absolute atomic E-state index is 0.627. The Morgan fingerprint density at radius 2 is 1.50 bits per heavy atom. The average molecular weight is 323 g/mol. The third-order valence-corrected chi connectivity index (χ3v) is 4.59. The molecule has 22 heavy (non-hydrogen) atoms. The molecule has 0 aromatic heterocycles. The Hall–Kier alpha value is -1.95. The number of rotatable bonds is 2. The van der Waals surface area contributed by atoms with E-state index in [1.54, 1.807) is 24.3 Å². The predicted molar refractivity (Wildman–Crippen MR) is 77.9 cm³/mol. The largest absolute Gasteiger partial charge is 0.405 e. The molecular weight excluding hydrogens is 311 g/mol. The second kappa shape index (κ2) is 5.68. The van der Waals surface area contributed by atoms with Gasteiger partial charge in [0, 0.05) is 9.79 Å². The molecule has 114 valence electrons. The second-order valence-corrected chi connectivity index (χ2v) is 6.03. The van der Waals surface area contributed by atoms with Gasteiger partial charge in [0.25, 0.3) is 0 Å². The molecule has 0 fully saturated rings. The van der Waals surface area contributed by atoms with E-state index in [-0.39, 0.29) is 0 Å². The summed E-state index contributed by atoms with van der Waals surface area (Å²) in [5.41, 5.74) is 1.48. The van der Waals surface area contributed by atoms with E-state index in [1.165, 1.54) is 11.8 Å². The fourth-order valence-corrected chi connectivity index (χ4v) is 3.62. The quantitative estimate of drug-likeness (QED) is 0.906. The van der Waals surface area contributed by atoms with Gasteiger partial charge in [-0.1, -0.05) is 48.2 Å². The monoisotopic (exact) mass is 323 g/mol. The number of alkyl halides is 3. The number of benzene rings is 2. The molecule has 1 aliphatic heterocycles. The van der Waals surface area contributed by atoms with Crippen LogP contribution in [0, 0.1) is 0 Å². The highest BCUT2D eigenvalue weighted by Crippen LogP contribution is 2.45. The van der Waals surface area contributed by atoms with Crippen molar-refractivity contribution in [3.63, 3.8) is 0 Å². The van der Waals surface area contributed by atoms with E-state index in [4.69, 9.17) is 0 Å². The molecule has 1 amide bonds. The van der Waals surface area contributed by atoms with Gasteiger partial charge in [-0.25, -0.2) is 0 Å². The number of carbonyl (C=O) groups excluding carboxylic acids is 1. The van der Waals surface area contributed by atoms with Crippen LogP contribution in [0.4, 0.5) is 13.2 Å². The smallest absolute Gasteiger partial charge is 0.346 e. The molecule has 6 heteroatoms. The van der Waals surface area contributed by atoms with E-state index >= 15 is 0 Å². The summed E-state index contributed by atoms with van der Waals surface area (Å²) in [6.07, 6.45) is -4.42. The van der Waals surface area contributed by atoms with Gasteiger partial charge in [0.2, 0.25) is 5.91 Å². The summed E-state index contributed by atoms with van der Waals surface area (Å²) in [6, 6.07) is 14.6. The molecule has 2 aromatic carbocycles. The molecular formula is C16H12F3NOS. The molecule has 1 heterocycles. The third kappa shape index (κ3) is 2.97. The summed E-state index contributed by atoms with van der Waals surface area (Å²) in [5.74, 6) is -1.34. The van der Waals surface area contributed by atoms with Gasteiger partial charge < -0.3 is 5.32 Å². The lowest BCUT2D eigenvalue weighted by Gasteiger charge is -2.27. The number of halogens is 3. The van der Waals surface area contributed by atoms with E-state index < -0.39 is 24.5 Å². The Bertz CT molecular complexity index is 669. The lowest BCUT2D eigenvalue weighted by molar-refractivity contribution is -0.138. The molecule has 0 atom stereocenters. The van der Waals surface area contributed by atoms with Crippen LogP contribution >= 0.6 is 11.8 Å². The van der Waals surface area contributed by atoms with E-state index in [1.807, 2.05) is 29.6 Å². The number of carbonyl (C=O) groups is 1. The number of nitrogens with one attached hydrogen (secondary N) is 1. The molecule has 0 bridgehead atoms. The second-order valence-electron chi connectivity index (χ2n) is 4.94. The Morgan fingerprint density at radius 3 is 2.00 bits per heavy atom. The van der Waals surface area contributed by atoms with Crippen LogP contribution in [0.15, 0.2) is 58.3 Å². The summed E-state index contributed by atoms with van der Waals surface area (Å²) < 4.78 is 37.1. The summed E-state index contributed by atoms with van der Waals surface area (Å²) in [4.78, 5) is 14.1. The van der Waals surface area contributed by atoms with Crippen LogP contribution in [-0.4, -0.2) is 18.6 Å². The zero-order valence-electron chi connectivity index (χ0n) is 11.4. The van der Waals surface area contributed by atoms with Crippen molar-refractivity contribution >= 4 is 17.7 Å². The lowest BCUT2D eigenvalue weighted by Crippen LogP contribution is -2.37. The molecule has 0 unspecified atom stereocenters. The first-order valence-corrected chi connectivity index (χ1v) is 7.47. The number of hydrogen-bond acceptors (Lipinski definition) is 2.